The van der Waals surface area contributed by atoms with Gasteiger partial charge in [0.05, 0.1) is 24.5 Å². The minimum atomic E-state index is -0.232. The summed E-state index contributed by atoms with van der Waals surface area (Å²) < 4.78 is 20.5. The minimum Gasteiger partial charge on any atom is -0.382 e. The molecule has 1 N–H and O–H groups in total. The van der Waals surface area contributed by atoms with Crippen LogP contribution < -0.4 is 15.8 Å². The number of rotatable bonds is 7. The average Bonchev–Trinajstić information content (AvgIpc) is 2.82. The van der Waals surface area contributed by atoms with E-state index in [-0.39, 0.29) is 22.4 Å². The van der Waals surface area contributed by atoms with Crippen molar-refractivity contribution >= 4 is 23.0 Å². The zero-order valence-electron chi connectivity index (χ0n) is 19.5. The Morgan fingerprint density at radius 2 is 1.94 bits per heavy atom. The van der Waals surface area contributed by atoms with Crippen LogP contribution in [0, 0.1) is 11.7 Å². The van der Waals surface area contributed by atoms with E-state index in [0.29, 0.717) is 23.7 Å². The van der Waals surface area contributed by atoms with Gasteiger partial charge < -0.3 is 15.0 Å². The molecule has 2 fully saturated rings. The number of anilines is 2. The van der Waals surface area contributed by atoms with Crippen LogP contribution in [0.4, 0.5) is 15.8 Å². The largest absolute Gasteiger partial charge is 0.382 e. The van der Waals surface area contributed by atoms with Crippen LogP contribution in [0.3, 0.4) is 0 Å². The number of hydrogen-bond donors (Lipinski definition) is 1. The smallest absolute Gasteiger partial charge is 0.287 e. The van der Waals surface area contributed by atoms with Crippen molar-refractivity contribution in [2.75, 3.05) is 30.0 Å². The fourth-order valence-corrected chi connectivity index (χ4v) is 5.38. The minimum absolute atomic E-state index is 0.0364. The van der Waals surface area contributed by atoms with Crippen molar-refractivity contribution in [1.29, 1.82) is 0 Å². The van der Waals surface area contributed by atoms with E-state index in [1.54, 1.807) is 10.9 Å². The summed E-state index contributed by atoms with van der Waals surface area (Å²) in [6.45, 7) is 6.61. The van der Waals surface area contributed by atoms with Crippen LogP contribution in [0.15, 0.2) is 35.3 Å². The molecule has 1 aliphatic carbocycles. The maximum atomic E-state index is 13.4. The van der Waals surface area contributed by atoms with Gasteiger partial charge in [-0.15, -0.1) is 0 Å². The second-order valence-electron chi connectivity index (χ2n) is 9.53. The standard InChI is InChI=1S/C25H34ClFN4O2/c1-17(2)30(20-7-5-19(27)6-8-20)21-9-11-22(12-10-21)31-25(32)24(26)23(15-29-31)28-14-18-4-3-13-33-16-18/h5-8,15,17-18,21-22,28H,3-4,9-14,16H2,1-2H3/t18-,21-,22-/m1/s1. The van der Waals surface area contributed by atoms with Gasteiger partial charge in [0, 0.05) is 30.9 Å². The molecule has 0 unspecified atom stereocenters. The molecular weight excluding hydrogens is 443 g/mol. The van der Waals surface area contributed by atoms with Gasteiger partial charge in [0.15, 0.2) is 0 Å². The molecule has 1 aromatic carbocycles. The SMILES string of the molecule is CC(C)N(c1ccc(F)cc1)[C@H]1CC[C@H](n2ncc(NC[C@H]3CCCOC3)c(Cl)c2=O)CC1. The number of benzene rings is 1. The third kappa shape index (κ3) is 5.69. The molecule has 1 saturated carbocycles. The average molecular weight is 477 g/mol. The van der Waals surface area contributed by atoms with Crippen molar-refractivity contribution in [2.45, 2.75) is 70.5 Å². The van der Waals surface area contributed by atoms with Gasteiger partial charge in [0.2, 0.25) is 0 Å². The first-order chi connectivity index (χ1) is 15.9. The number of nitrogens with one attached hydrogen (secondary N) is 1. The molecule has 2 heterocycles. The summed E-state index contributed by atoms with van der Waals surface area (Å²) in [6, 6.07) is 7.40. The van der Waals surface area contributed by atoms with Crippen molar-refractivity contribution in [2.24, 2.45) is 5.92 Å². The fraction of sp³-hybridized carbons (Fsp3) is 0.600. The summed E-state index contributed by atoms with van der Waals surface area (Å²) in [5.41, 5.74) is 1.40. The molecule has 0 spiro atoms. The molecule has 1 aliphatic heterocycles. The first kappa shape index (κ1) is 24.0. The molecule has 180 valence electrons. The quantitative estimate of drug-likeness (QED) is 0.589. The maximum absolute atomic E-state index is 13.4. The number of ether oxygens (including phenoxy) is 1. The Hall–Kier alpha value is -2.12. The van der Waals surface area contributed by atoms with E-state index in [4.69, 9.17) is 16.3 Å². The Balaban J connectivity index is 1.40. The number of nitrogens with zero attached hydrogens (tertiary/aromatic N) is 3. The molecular formula is C25H34ClFN4O2. The van der Waals surface area contributed by atoms with Gasteiger partial charge in [-0.25, -0.2) is 9.07 Å². The van der Waals surface area contributed by atoms with E-state index in [1.165, 1.54) is 12.1 Å². The monoisotopic (exact) mass is 476 g/mol. The lowest BCUT2D eigenvalue weighted by Crippen LogP contribution is -2.43. The fourth-order valence-electron chi connectivity index (χ4n) is 5.18. The normalized spacial score (nSPS) is 23.5. The molecule has 33 heavy (non-hydrogen) atoms. The van der Waals surface area contributed by atoms with Crippen molar-refractivity contribution in [3.8, 4) is 0 Å². The Morgan fingerprint density at radius 3 is 2.58 bits per heavy atom. The molecule has 1 atom stereocenters. The molecule has 0 radical (unpaired) electrons. The zero-order valence-corrected chi connectivity index (χ0v) is 20.2. The van der Waals surface area contributed by atoms with E-state index >= 15 is 0 Å². The van der Waals surface area contributed by atoms with E-state index in [1.807, 2.05) is 12.1 Å². The summed E-state index contributed by atoms with van der Waals surface area (Å²) in [7, 11) is 0. The Bertz CT molecular complexity index is 967. The molecule has 0 amide bonds. The van der Waals surface area contributed by atoms with Gasteiger partial charge >= 0.3 is 0 Å². The second kappa shape index (κ2) is 10.9. The van der Waals surface area contributed by atoms with Crippen LogP contribution in [0.1, 0.15) is 58.4 Å². The van der Waals surface area contributed by atoms with Gasteiger partial charge in [-0.3, -0.25) is 4.79 Å². The molecule has 6 nitrogen and oxygen atoms in total. The lowest BCUT2D eigenvalue weighted by molar-refractivity contribution is 0.0595. The summed E-state index contributed by atoms with van der Waals surface area (Å²) in [5, 5.41) is 7.97. The highest BCUT2D eigenvalue weighted by Crippen LogP contribution is 2.34. The summed E-state index contributed by atoms with van der Waals surface area (Å²) in [5.74, 6) is 0.205. The first-order valence-electron chi connectivity index (χ1n) is 12.1. The van der Waals surface area contributed by atoms with Gasteiger partial charge in [-0.2, -0.15) is 5.10 Å². The summed E-state index contributed by atoms with van der Waals surface area (Å²) in [6.07, 6.45) is 7.44. The van der Waals surface area contributed by atoms with Crippen LogP contribution in [0.25, 0.3) is 0 Å². The molecule has 4 rings (SSSR count). The lowest BCUT2D eigenvalue weighted by atomic mass is 9.89. The molecule has 0 bridgehead atoms. The predicted octanol–water partition coefficient (Wildman–Crippen LogP) is 5.27. The van der Waals surface area contributed by atoms with Crippen molar-refractivity contribution in [3.05, 3.63) is 51.7 Å². The zero-order chi connectivity index (χ0) is 23.4. The summed E-state index contributed by atoms with van der Waals surface area (Å²) >= 11 is 6.44. The highest BCUT2D eigenvalue weighted by molar-refractivity contribution is 6.32. The van der Waals surface area contributed by atoms with Crippen molar-refractivity contribution in [3.63, 3.8) is 0 Å². The molecule has 1 saturated heterocycles. The van der Waals surface area contributed by atoms with Gasteiger partial charge in [0.1, 0.15) is 10.8 Å². The van der Waals surface area contributed by atoms with Crippen LogP contribution in [0.2, 0.25) is 5.02 Å². The van der Waals surface area contributed by atoms with Gasteiger partial charge in [0.25, 0.3) is 5.56 Å². The predicted molar refractivity (Wildman–Crippen MR) is 131 cm³/mol. The van der Waals surface area contributed by atoms with Gasteiger partial charge in [-0.1, -0.05) is 11.6 Å². The topological polar surface area (TPSA) is 59.4 Å². The molecule has 2 aromatic rings. The van der Waals surface area contributed by atoms with Crippen LogP contribution in [-0.2, 0) is 4.74 Å². The third-order valence-corrected chi connectivity index (χ3v) is 7.23. The number of aromatic nitrogens is 2. The summed E-state index contributed by atoms with van der Waals surface area (Å²) in [4.78, 5) is 15.3. The Kier molecular flexibility index (Phi) is 7.91. The third-order valence-electron chi connectivity index (χ3n) is 6.87. The highest BCUT2D eigenvalue weighted by Gasteiger charge is 2.30. The lowest BCUT2D eigenvalue weighted by Gasteiger charge is -2.41. The number of halogens is 2. The maximum Gasteiger partial charge on any atom is 0.287 e. The van der Waals surface area contributed by atoms with Crippen LogP contribution >= 0.6 is 11.6 Å². The van der Waals surface area contributed by atoms with Crippen LogP contribution in [-0.4, -0.2) is 41.6 Å². The Morgan fingerprint density at radius 1 is 1.21 bits per heavy atom. The van der Waals surface area contributed by atoms with E-state index in [2.05, 4.69) is 29.2 Å². The van der Waals surface area contributed by atoms with E-state index < -0.39 is 0 Å². The molecule has 2 aliphatic rings. The van der Waals surface area contributed by atoms with Gasteiger partial charge in [-0.05, 0) is 82.6 Å². The Labute approximate surface area is 200 Å². The second-order valence-corrected chi connectivity index (χ2v) is 9.90. The number of hydrogen-bond acceptors (Lipinski definition) is 5. The van der Waals surface area contributed by atoms with Crippen molar-refractivity contribution in [1.82, 2.24) is 9.78 Å². The van der Waals surface area contributed by atoms with Crippen LogP contribution in [0.5, 0.6) is 0 Å². The van der Waals surface area contributed by atoms with E-state index in [9.17, 15) is 9.18 Å². The van der Waals surface area contributed by atoms with E-state index in [0.717, 1.165) is 64.0 Å². The molecule has 8 heteroatoms. The highest BCUT2D eigenvalue weighted by atomic mass is 35.5. The first-order valence-corrected chi connectivity index (χ1v) is 12.4. The molecule has 1 aromatic heterocycles. The van der Waals surface area contributed by atoms with Crippen molar-refractivity contribution < 1.29 is 9.13 Å².